The van der Waals surface area contributed by atoms with E-state index in [-0.39, 0.29) is 5.56 Å². The number of ether oxygens (including phenoxy) is 2. The van der Waals surface area contributed by atoms with Gasteiger partial charge in [0, 0.05) is 11.1 Å². The Kier molecular flexibility index (Phi) is 4.16. The maximum absolute atomic E-state index is 12.7. The van der Waals surface area contributed by atoms with Gasteiger partial charge in [0.1, 0.15) is 23.2 Å². The van der Waals surface area contributed by atoms with Gasteiger partial charge in [0.15, 0.2) is 0 Å². The molecule has 1 aliphatic heterocycles. The summed E-state index contributed by atoms with van der Waals surface area (Å²) in [4.78, 5) is 12.7. The molecule has 0 saturated heterocycles. The molecule has 2 aromatic carbocycles. The van der Waals surface area contributed by atoms with Crippen molar-refractivity contribution in [2.24, 2.45) is 0 Å². The van der Waals surface area contributed by atoms with Gasteiger partial charge in [-0.25, -0.2) is 5.10 Å². The number of aromatic amines is 1. The molecule has 150 valence electrons. The van der Waals surface area contributed by atoms with E-state index in [9.17, 15) is 4.79 Å². The van der Waals surface area contributed by atoms with Crippen molar-refractivity contribution in [1.29, 1.82) is 0 Å². The van der Waals surface area contributed by atoms with Gasteiger partial charge in [-0.2, -0.15) is 9.78 Å². The lowest BCUT2D eigenvalue weighted by Gasteiger charge is -2.27. The Hall–Kier alpha value is -4.21. The predicted octanol–water partition coefficient (Wildman–Crippen LogP) is 2.14. The van der Waals surface area contributed by atoms with Crippen molar-refractivity contribution >= 4 is 11.6 Å². The molecule has 10 nitrogen and oxygen atoms in total. The van der Waals surface area contributed by atoms with E-state index in [2.05, 4.69) is 31.0 Å². The summed E-state index contributed by atoms with van der Waals surface area (Å²) in [5.74, 6) is 1.83. The third-order valence-corrected chi connectivity index (χ3v) is 5.06. The largest absolute Gasteiger partial charge is 0.497 e. The van der Waals surface area contributed by atoms with Crippen LogP contribution in [0.3, 0.4) is 0 Å². The first-order valence-corrected chi connectivity index (χ1v) is 9.15. The number of aromatic nitrogens is 6. The topological polar surface area (TPSA) is 120 Å². The molecule has 2 aromatic heterocycles. The number of anilines is 2. The number of benzene rings is 2. The Bertz CT molecular complexity index is 1260. The highest BCUT2D eigenvalue weighted by atomic mass is 16.5. The average molecular weight is 403 g/mol. The van der Waals surface area contributed by atoms with Gasteiger partial charge in [0.25, 0.3) is 5.56 Å². The molecule has 1 atom stereocenters. The lowest BCUT2D eigenvalue weighted by atomic mass is 9.92. The fourth-order valence-electron chi connectivity index (χ4n) is 3.60. The molecule has 5 rings (SSSR count). The molecule has 0 spiro atoms. The molecule has 0 fully saturated rings. The summed E-state index contributed by atoms with van der Waals surface area (Å²) in [6, 6.07) is 14.6. The van der Waals surface area contributed by atoms with Crippen LogP contribution in [0.15, 0.2) is 53.3 Å². The smallest absolute Gasteiger partial charge is 0.288 e. The lowest BCUT2D eigenvalue weighted by molar-refractivity contribution is 0.414. The van der Waals surface area contributed by atoms with E-state index in [0.29, 0.717) is 22.9 Å². The van der Waals surface area contributed by atoms with E-state index in [0.717, 1.165) is 22.6 Å². The summed E-state index contributed by atoms with van der Waals surface area (Å²) in [5.41, 5.74) is 3.00. The van der Waals surface area contributed by atoms with Gasteiger partial charge in [-0.05, 0) is 52.4 Å². The summed E-state index contributed by atoms with van der Waals surface area (Å²) in [6.07, 6.45) is 0. The minimum Gasteiger partial charge on any atom is -0.497 e. The van der Waals surface area contributed by atoms with Crippen molar-refractivity contribution in [2.45, 2.75) is 6.04 Å². The number of fused-ring (bicyclic) bond motifs is 2. The van der Waals surface area contributed by atoms with Gasteiger partial charge in [-0.1, -0.05) is 17.2 Å². The quantitative estimate of drug-likeness (QED) is 0.468. The zero-order valence-electron chi connectivity index (χ0n) is 16.2. The number of hydrogen-bond acceptors (Lipinski definition) is 8. The second-order valence-electron chi connectivity index (χ2n) is 6.67. The van der Waals surface area contributed by atoms with Gasteiger partial charge in [0.2, 0.25) is 5.95 Å². The summed E-state index contributed by atoms with van der Waals surface area (Å²) in [5, 5.41) is 21.9. The van der Waals surface area contributed by atoms with Crippen LogP contribution in [0.1, 0.15) is 17.2 Å². The Morgan fingerprint density at radius 1 is 0.967 bits per heavy atom. The standard InChI is InChI=1S/C20H17N7O3/c1-29-13-7-3-11(4-8-13)16-15-17(19(28)23-22-16)21-20-24-25-26-27(20)18(15)12-5-9-14(30-2)10-6-12/h3-10,18H,1-2H3,(H,23,28)(H,21,24,26)/t18-/m1/s1. The fraction of sp³-hybridized carbons (Fsp3) is 0.150. The van der Waals surface area contributed by atoms with Gasteiger partial charge >= 0.3 is 0 Å². The van der Waals surface area contributed by atoms with Crippen molar-refractivity contribution in [2.75, 3.05) is 19.5 Å². The fourth-order valence-corrected chi connectivity index (χ4v) is 3.60. The number of hydrogen-bond donors (Lipinski definition) is 2. The molecular weight excluding hydrogens is 386 g/mol. The minimum absolute atomic E-state index is 0.352. The number of methoxy groups -OCH3 is 2. The first-order valence-electron chi connectivity index (χ1n) is 9.15. The monoisotopic (exact) mass is 403 g/mol. The third kappa shape index (κ3) is 2.77. The van der Waals surface area contributed by atoms with E-state index >= 15 is 0 Å². The number of rotatable bonds is 4. The van der Waals surface area contributed by atoms with E-state index < -0.39 is 6.04 Å². The molecule has 2 N–H and O–H groups in total. The average Bonchev–Trinajstić information content (AvgIpc) is 3.27. The molecule has 0 aliphatic carbocycles. The van der Waals surface area contributed by atoms with Crippen molar-refractivity contribution in [3.05, 3.63) is 70.0 Å². The molecular formula is C20H17N7O3. The van der Waals surface area contributed by atoms with E-state index in [1.165, 1.54) is 0 Å². The Morgan fingerprint density at radius 3 is 2.30 bits per heavy atom. The van der Waals surface area contributed by atoms with E-state index in [4.69, 9.17) is 9.47 Å². The molecule has 0 radical (unpaired) electrons. The second kappa shape index (κ2) is 6.99. The molecule has 30 heavy (non-hydrogen) atoms. The van der Waals surface area contributed by atoms with Gasteiger partial charge in [-0.15, -0.1) is 0 Å². The van der Waals surface area contributed by atoms with Crippen molar-refractivity contribution in [3.8, 4) is 22.8 Å². The second-order valence-corrected chi connectivity index (χ2v) is 6.67. The molecule has 4 aromatic rings. The highest BCUT2D eigenvalue weighted by Crippen LogP contribution is 2.41. The zero-order chi connectivity index (χ0) is 20.7. The first-order chi connectivity index (χ1) is 14.7. The van der Waals surface area contributed by atoms with Crippen LogP contribution in [0.5, 0.6) is 11.5 Å². The van der Waals surface area contributed by atoms with Crippen molar-refractivity contribution in [1.82, 2.24) is 30.4 Å². The molecule has 10 heteroatoms. The van der Waals surface area contributed by atoms with Gasteiger partial charge < -0.3 is 14.8 Å². The number of tetrazole rings is 1. The van der Waals surface area contributed by atoms with Crippen molar-refractivity contribution < 1.29 is 9.47 Å². The maximum Gasteiger partial charge on any atom is 0.288 e. The van der Waals surface area contributed by atoms with Crippen LogP contribution < -0.4 is 20.3 Å². The van der Waals surface area contributed by atoms with Crippen LogP contribution in [0.25, 0.3) is 11.3 Å². The zero-order valence-corrected chi connectivity index (χ0v) is 16.2. The number of nitrogens with zero attached hydrogens (tertiary/aromatic N) is 5. The Morgan fingerprint density at radius 2 is 1.63 bits per heavy atom. The summed E-state index contributed by atoms with van der Waals surface area (Å²) >= 11 is 0. The minimum atomic E-state index is -0.455. The first kappa shape index (κ1) is 17.9. The molecule has 3 heterocycles. The third-order valence-electron chi connectivity index (χ3n) is 5.06. The SMILES string of the molecule is COc1ccc(-c2n[nH]c(=O)c3c2[C@@H](c2ccc(OC)cc2)n2nnnc2N3)cc1. The van der Waals surface area contributed by atoms with Gasteiger partial charge in [-0.3, -0.25) is 4.79 Å². The molecule has 0 unspecified atom stereocenters. The van der Waals surface area contributed by atoms with Crippen LogP contribution in [0.4, 0.5) is 11.6 Å². The summed E-state index contributed by atoms with van der Waals surface area (Å²) < 4.78 is 12.2. The Labute approximate surface area is 170 Å². The summed E-state index contributed by atoms with van der Waals surface area (Å²) in [7, 11) is 3.22. The summed E-state index contributed by atoms with van der Waals surface area (Å²) in [6.45, 7) is 0. The van der Waals surface area contributed by atoms with E-state index in [1.54, 1.807) is 18.9 Å². The van der Waals surface area contributed by atoms with E-state index in [1.807, 2.05) is 48.5 Å². The molecule has 0 saturated carbocycles. The lowest BCUT2D eigenvalue weighted by Crippen LogP contribution is -2.29. The van der Waals surface area contributed by atoms with Crippen LogP contribution in [-0.2, 0) is 0 Å². The normalized spacial score (nSPS) is 14.4. The van der Waals surface area contributed by atoms with Crippen LogP contribution in [0.2, 0.25) is 0 Å². The highest BCUT2D eigenvalue weighted by molar-refractivity contribution is 5.75. The molecule has 1 aliphatic rings. The number of nitrogens with one attached hydrogen (secondary N) is 2. The maximum atomic E-state index is 12.7. The highest BCUT2D eigenvalue weighted by Gasteiger charge is 2.34. The van der Waals surface area contributed by atoms with Crippen molar-refractivity contribution in [3.63, 3.8) is 0 Å². The van der Waals surface area contributed by atoms with Crippen LogP contribution >= 0.6 is 0 Å². The molecule has 0 bridgehead atoms. The predicted molar refractivity (Wildman–Crippen MR) is 108 cm³/mol. The van der Waals surface area contributed by atoms with Gasteiger partial charge in [0.05, 0.1) is 19.9 Å². The van der Waals surface area contributed by atoms with Crippen LogP contribution in [-0.4, -0.2) is 44.6 Å². The van der Waals surface area contributed by atoms with Crippen LogP contribution in [0, 0.1) is 0 Å². The number of H-pyrrole nitrogens is 1. The molecule has 0 amide bonds. The Balaban J connectivity index is 1.75.